The van der Waals surface area contributed by atoms with Gasteiger partial charge in [-0.25, -0.2) is 13.2 Å². The first-order valence-corrected chi connectivity index (χ1v) is 3.33. The lowest BCUT2D eigenvalue weighted by Crippen LogP contribution is -2.39. The summed E-state index contributed by atoms with van der Waals surface area (Å²) in [4.78, 5) is 10.8. The fourth-order valence-electron chi connectivity index (χ4n) is 1.24. The van der Waals surface area contributed by atoms with E-state index in [1.807, 2.05) is 0 Å². The molecule has 0 radical (unpaired) electrons. The number of carboxylic acids is 1. The van der Waals surface area contributed by atoms with Crippen molar-refractivity contribution in [1.82, 2.24) is 4.90 Å². The van der Waals surface area contributed by atoms with E-state index >= 15 is 0 Å². The molecule has 70 valence electrons. The summed E-state index contributed by atoms with van der Waals surface area (Å²) in [5.74, 6) is -1.55. The quantitative estimate of drug-likeness (QED) is 0.596. The van der Waals surface area contributed by atoms with Gasteiger partial charge in [-0.15, -0.1) is 0 Å². The minimum Gasteiger partial charge on any atom is -0.480 e. The Balaban J connectivity index is 2.83. The molecular formula is C6H8F3NO2. The summed E-state index contributed by atoms with van der Waals surface area (Å²) >= 11 is 0. The summed E-state index contributed by atoms with van der Waals surface area (Å²) in [5.41, 5.74) is 0. The number of halogens is 3. The van der Waals surface area contributed by atoms with Crippen molar-refractivity contribution in [3.63, 3.8) is 0 Å². The van der Waals surface area contributed by atoms with Crippen molar-refractivity contribution in [2.75, 3.05) is 7.05 Å². The van der Waals surface area contributed by atoms with Crippen LogP contribution in [0.2, 0.25) is 0 Å². The SMILES string of the molecule is CN1C(F)C(F)C(F)C1C(=O)O. The van der Waals surface area contributed by atoms with E-state index in [9.17, 15) is 18.0 Å². The molecule has 12 heavy (non-hydrogen) atoms. The summed E-state index contributed by atoms with van der Waals surface area (Å²) in [6.07, 6.45) is -6.82. The van der Waals surface area contributed by atoms with Crippen molar-refractivity contribution in [1.29, 1.82) is 0 Å². The third-order valence-corrected chi connectivity index (χ3v) is 1.95. The lowest BCUT2D eigenvalue weighted by Gasteiger charge is -2.16. The first-order valence-electron chi connectivity index (χ1n) is 3.33. The number of hydrogen-bond donors (Lipinski definition) is 1. The lowest BCUT2D eigenvalue weighted by atomic mass is 10.2. The Morgan fingerprint density at radius 1 is 1.33 bits per heavy atom. The number of rotatable bonds is 1. The molecule has 0 aromatic carbocycles. The topological polar surface area (TPSA) is 40.5 Å². The normalized spacial score (nSPS) is 43.3. The number of carbonyl (C=O) groups is 1. The Bertz CT molecular complexity index is 187. The maximum Gasteiger partial charge on any atom is 0.324 e. The molecule has 3 nitrogen and oxygen atoms in total. The molecule has 1 saturated heterocycles. The monoisotopic (exact) mass is 183 g/mol. The Morgan fingerprint density at radius 2 is 1.83 bits per heavy atom. The van der Waals surface area contributed by atoms with Crippen LogP contribution in [-0.2, 0) is 4.79 Å². The maximum absolute atomic E-state index is 12.7. The highest BCUT2D eigenvalue weighted by Gasteiger charge is 2.52. The van der Waals surface area contributed by atoms with Crippen LogP contribution in [0, 0.1) is 0 Å². The number of likely N-dealkylation sites (tertiary alicyclic amines) is 1. The molecule has 0 spiro atoms. The van der Waals surface area contributed by atoms with Gasteiger partial charge in [0.15, 0.2) is 18.6 Å². The highest BCUT2D eigenvalue weighted by Crippen LogP contribution is 2.29. The number of aliphatic carboxylic acids is 1. The fourth-order valence-corrected chi connectivity index (χ4v) is 1.24. The molecule has 6 heteroatoms. The highest BCUT2D eigenvalue weighted by atomic mass is 19.2. The van der Waals surface area contributed by atoms with Crippen molar-refractivity contribution in [2.24, 2.45) is 0 Å². The molecule has 1 fully saturated rings. The zero-order valence-corrected chi connectivity index (χ0v) is 6.25. The number of nitrogens with zero attached hydrogens (tertiary/aromatic N) is 1. The van der Waals surface area contributed by atoms with Crippen LogP contribution in [0.5, 0.6) is 0 Å². The summed E-state index contributed by atoms with van der Waals surface area (Å²) in [7, 11) is 1.04. The molecule has 4 atom stereocenters. The van der Waals surface area contributed by atoms with Gasteiger partial charge in [-0.05, 0) is 7.05 Å². The van der Waals surface area contributed by atoms with E-state index in [0.717, 1.165) is 7.05 Å². The van der Waals surface area contributed by atoms with Gasteiger partial charge in [0.25, 0.3) is 0 Å². The van der Waals surface area contributed by atoms with Crippen molar-refractivity contribution in [3.8, 4) is 0 Å². The van der Waals surface area contributed by atoms with Crippen LogP contribution in [0.4, 0.5) is 13.2 Å². The van der Waals surface area contributed by atoms with Gasteiger partial charge in [0, 0.05) is 0 Å². The maximum atomic E-state index is 12.7. The van der Waals surface area contributed by atoms with Crippen molar-refractivity contribution < 1.29 is 23.1 Å². The molecule has 1 N–H and O–H groups in total. The zero-order chi connectivity index (χ0) is 9.46. The van der Waals surface area contributed by atoms with Gasteiger partial charge in [0.05, 0.1) is 0 Å². The molecular weight excluding hydrogens is 175 g/mol. The average Bonchev–Trinajstić information content (AvgIpc) is 2.16. The van der Waals surface area contributed by atoms with Gasteiger partial charge in [0.2, 0.25) is 0 Å². The summed E-state index contributed by atoms with van der Waals surface area (Å²) in [6.45, 7) is 0. The molecule has 1 rings (SSSR count). The van der Waals surface area contributed by atoms with Crippen LogP contribution in [0.3, 0.4) is 0 Å². The van der Waals surface area contributed by atoms with Crippen LogP contribution >= 0.6 is 0 Å². The van der Waals surface area contributed by atoms with Gasteiger partial charge in [0.1, 0.15) is 6.04 Å². The summed E-state index contributed by atoms with van der Waals surface area (Å²) in [5, 5.41) is 8.37. The van der Waals surface area contributed by atoms with E-state index in [0.29, 0.717) is 4.90 Å². The molecule has 0 aromatic heterocycles. The van der Waals surface area contributed by atoms with Crippen LogP contribution in [0.1, 0.15) is 0 Å². The second-order valence-electron chi connectivity index (χ2n) is 2.71. The van der Waals surface area contributed by atoms with Crippen molar-refractivity contribution >= 4 is 5.97 Å². The first kappa shape index (κ1) is 9.31. The predicted molar refractivity (Wildman–Crippen MR) is 33.9 cm³/mol. The zero-order valence-electron chi connectivity index (χ0n) is 6.25. The standard InChI is InChI=1S/C6H8F3NO2/c1-10-4(6(11)12)2(7)3(8)5(10)9/h2-5H,1H3,(H,11,12). The van der Waals surface area contributed by atoms with Crippen LogP contribution in [0.25, 0.3) is 0 Å². The van der Waals surface area contributed by atoms with Crippen molar-refractivity contribution in [2.45, 2.75) is 24.7 Å². The molecule has 1 heterocycles. The molecule has 1 aliphatic heterocycles. The lowest BCUT2D eigenvalue weighted by molar-refractivity contribution is -0.144. The number of hydrogen-bond acceptors (Lipinski definition) is 2. The second kappa shape index (κ2) is 2.93. The van der Waals surface area contributed by atoms with Gasteiger partial charge in [-0.1, -0.05) is 0 Å². The van der Waals surface area contributed by atoms with Gasteiger partial charge >= 0.3 is 5.97 Å². The van der Waals surface area contributed by atoms with Crippen LogP contribution < -0.4 is 0 Å². The highest BCUT2D eigenvalue weighted by molar-refractivity contribution is 5.75. The van der Waals surface area contributed by atoms with Crippen molar-refractivity contribution in [3.05, 3.63) is 0 Å². The van der Waals surface area contributed by atoms with E-state index < -0.39 is 30.7 Å². The Kier molecular flexibility index (Phi) is 2.27. The number of carboxylic acid groups (broad SMARTS) is 1. The van der Waals surface area contributed by atoms with Crippen LogP contribution in [-0.4, -0.2) is 47.7 Å². The van der Waals surface area contributed by atoms with E-state index in [1.54, 1.807) is 0 Å². The summed E-state index contributed by atoms with van der Waals surface area (Å²) in [6, 6.07) is -1.71. The third-order valence-electron chi connectivity index (χ3n) is 1.95. The Labute approximate surface area is 66.8 Å². The minimum atomic E-state index is -2.36. The van der Waals surface area contributed by atoms with E-state index in [1.165, 1.54) is 0 Å². The number of alkyl halides is 3. The molecule has 0 aliphatic carbocycles. The van der Waals surface area contributed by atoms with Gasteiger partial charge in [-0.3, -0.25) is 9.69 Å². The second-order valence-corrected chi connectivity index (χ2v) is 2.71. The van der Waals surface area contributed by atoms with Crippen LogP contribution in [0.15, 0.2) is 0 Å². The molecule has 0 bridgehead atoms. The molecule has 4 unspecified atom stereocenters. The van der Waals surface area contributed by atoms with E-state index in [2.05, 4.69) is 0 Å². The molecule has 1 aliphatic rings. The Morgan fingerprint density at radius 3 is 2.00 bits per heavy atom. The van der Waals surface area contributed by atoms with E-state index in [4.69, 9.17) is 5.11 Å². The average molecular weight is 183 g/mol. The third kappa shape index (κ3) is 1.16. The molecule has 0 aromatic rings. The smallest absolute Gasteiger partial charge is 0.324 e. The van der Waals surface area contributed by atoms with E-state index in [-0.39, 0.29) is 0 Å². The Hall–Kier alpha value is -0.780. The largest absolute Gasteiger partial charge is 0.480 e. The predicted octanol–water partition coefficient (Wildman–Crippen LogP) is 0.357. The summed E-state index contributed by atoms with van der Waals surface area (Å²) < 4.78 is 37.8. The first-order chi connectivity index (χ1) is 5.46. The molecule has 0 amide bonds. The molecule has 0 saturated carbocycles. The van der Waals surface area contributed by atoms with Gasteiger partial charge in [-0.2, -0.15) is 0 Å². The fraction of sp³-hybridized carbons (Fsp3) is 0.833. The number of likely N-dealkylation sites (N-methyl/N-ethyl adjacent to an activating group) is 1. The minimum absolute atomic E-state index is 0.539. The van der Waals surface area contributed by atoms with Gasteiger partial charge < -0.3 is 5.11 Å².